The average molecular weight is 306 g/mol. The van der Waals surface area contributed by atoms with Crippen LogP contribution in [-0.2, 0) is 4.74 Å². The van der Waals surface area contributed by atoms with Crippen LogP contribution in [-0.4, -0.2) is 40.4 Å². The van der Waals surface area contributed by atoms with Gasteiger partial charge in [-0.1, -0.05) is 12.1 Å². The van der Waals surface area contributed by atoms with Crippen LogP contribution in [0, 0.1) is 16.0 Å². The fourth-order valence-electron chi connectivity index (χ4n) is 2.18. The van der Waals surface area contributed by atoms with E-state index < -0.39 is 22.5 Å². The van der Waals surface area contributed by atoms with E-state index in [0.29, 0.717) is 0 Å². The summed E-state index contributed by atoms with van der Waals surface area (Å²) >= 11 is 0. The highest BCUT2D eigenvalue weighted by Crippen LogP contribution is 2.27. The van der Waals surface area contributed by atoms with E-state index >= 15 is 0 Å². The topological polar surface area (TPSA) is 89.8 Å². The van der Waals surface area contributed by atoms with E-state index in [-0.39, 0.29) is 30.1 Å². The van der Waals surface area contributed by atoms with Gasteiger partial charge in [0.15, 0.2) is 5.78 Å². The van der Waals surface area contributed by atoms with Gasteiger partial charge in [0.25, 0.3) is 5.69 Å². The van der Waals surface area contributed by atoms with Gasteiger partial charge in [-0.05, 0) is 26.8 Å². The van der Waals surface area contributed by atoms with Crippen molar-refractivity contribution in [2.75, 3.05) is 13.1 Å². The molecule has 1 aliphatic heterocycles. The number of amides is 1. The Kier molecular flexibility index (Phi) is 4.16. The van der Waals surface area contributed by atoms with Crippen LogP contribution in [0.5, 0.6) is 0 Å². The number of benzene rings is 1. The molecule has 0 bridgehead atoms. The van der Waals surface area contributed by atoms with Gasteiger partial charge in [-0.2, -0.15) is 0 Å². The third-order valence-electron chi connectivity index (χ3n) is 3.27. The Bertz CT molecular complexity index is 615. The van der Waals surface area contributed by atoms with E-state index in [9.17, 15) is 19.7 Å². The first kappa shape index (κ1) is 15.9. The van der Waals surface area contributed by atoms with Gasteiger partial charge < -0.3 is 9.64 Å². The first-order valence-electron chi connectivity index (χ1n) is 6.94. The minimum absolute atomic E-state index is 0.0846. The Morgan fingerprint density at radius 1 is 1.27 bits per heavy atom. The molecule has 0 atom stereocenters. The van der Waals surface area contributed by atoms with E-state index in [2.05, 4.69) is 0 Å². The molecule has 1 aliphatic rings. The Morgan fingerprint density at radius 3 is 2.41 bits per heavy atom. The molecule has 7 nitrogen and oxygen atoms in total. The Labute approximate surface area is 128 Å². The van der Waals surface area contributed by atoms with Gasteiger partial charge in [-0.3, -0.25) is 14.9 Å². The number of para-hydroxylation sites is 1. The minimum atomic E-state index is -0.593. The van der Waals surface area contributed by atoms with E-state index in [0.717, 1.165) is 0 Å². The van der Waals surface area contributed by atoms with Crippen LogP contribution >= 0.6 is 0 Å². The number of hydrogen-bond acceptors (Lipinski definition) is 5. The molecule has 1 aromatic rings. The minimum Gasteiger partial charge on any atom is -0.444 e. The number of nitro groups is 1. The molecular weight excluding hydrogens is 288 g/mol. The molecule has 0 spiro atoms. The Hall–Kier alpha value is -2.44. The number of rotatable bonds is 3. The summed E-state index contributed by atoms with van der Waals surface area (Å²) in [6.45, 7) is 5.74. The Balaban J connectivity index is 2.01. The highest BCUT2D eigenvalue weighted by Gasteiger charge is 2.39. The van der Waals surface area contributed by atoms with Crippen LogP contribution in [0.25, 0.3) is 0 Å². The zero-order chi connectivity index (χ0) is 16.5. The van der Waals surface area contributed by atoms with Crippen LogP contribution in [0.2, 0.25) is 0 Å². The van der Waals surface area contributed by atoms with Crippen molar-refractivity contribution in [1.29, 1.82) is 0 Å². The van der Waals surface area contributed by atoms with Gasteiger partial charge in [0, 0.05) is 19.2 Å². The van der Waals surface area contributed by atoms with Gasteiger partial charge >= 0.3 is 6.09 Å². The van der Waals surface area contributed by atoms with Crippen molar-refractivity contribution in [3.63, 3.8) is 0 Å². The molecule has 0 aromatic heterocycles. The van der Waals surface area contributed by atoms with E-state index in [1.54, 1.807) is 26.8 Å². The molecular formula is C15H18N2O5. The summed E-state index contributed by atoms with van der Waals surface area (Å²) in [6, 6.07) is 5.85. The molecule has 1 aromatic carbocycles. The van der Waals surface area contributed by atoms with Crippen LogP contribution in [0.15, 0.2) is 24.3 Å². The van der Waals surface area contributed by atoms with Crippen LogP contribution in [0.3, 0.4) is 0 Å². The van der Waals surface area contributed by atoms with Gasteiger partial charge in [0.05, 0.1) is 16.4 Å². The molecule has 1 saturated heterocycles. The maximum atomic E-state index is 12.3. The molecule has 0 N–H and O–H groups in total. The van der Waals surface area contributed by atoms with E-state index in [1.165, 1.54) is 23.1 Å². The summed E-state index contributed by atoms with van der Waals surface area (Å²) in [5, 5.41) is 11.0. The third-order valence-corrected chi connectivity index (χ3v) is 3.27. The number of Topliss-reactive ketones (excluding diaryl/α,β-unsaturated/α-hetero) is 1. The number of carbonyl (C=O) groups is 2. The number of ether oxygens (including phenoxy) is 1. The van der Waals surface area contributed by atoms with Gasteiger partial charge in [-0.15, -0.1) is 0 Å². The van der Waals surface area contributed by atoms with Crippen LogP contribution in [0.1, 0.15) is 31.1 Å². The van der Waals surface area contributed by atoms with E-state index in [1.807, 2.05) is 0 Å². The zero-order valence-electron chi connectivity index (χ0n) is 12.7. The summed E-state index contributed by atoms with van der Waals surface area (Å²) in [6.07, 6.45) is -0.473. The maximum Gasteiger partial charge on any atom is 0.410 e. The third kappa shape index (κ3) is 3.41. The summed E-state index contributed by atoms with van der Waals surface area (Å²) in [5.74, 6) is -0.735. The predicted octanol–water partition coefficient (Wildman–Crippen LogP) is 2.64. The molecule has 118 valence electrons. The van der Waals surface area contributed by atoms with Crippen molar-refractivity contribution in [2.24, 2.45) is 5.92 Å². The van der Waals surface area contributed by atoms with Crippen LogP contribution in [0.4, 0.5) is 10.5 Å². The molecule has 1 heterocycles. The van der Waals surface area contributed by atoms with Crippen molar-refractivity contribution in [1.82, 2.24) is 4.90 Å². The maximum absolute atomic E-state index is 12.3. The summed E-state index contributed by atoms with van der Waals surface area (Å²) in [5.41, 5.74) is -0.714. The number of nitro benzene ring substituents is 1. The molecule has 2 rings (SSSR count). The molecule has 1 amide bonds. The quantitative estimate of drug-likeness (QED) is 0.486. The Morgan fingerprint density at radius 2 is 1.86 bits per heavy atom. The number of ketones is 1. The van der Waals surface area contributed by atoms with Crippen molar-refractivity contribution >= 4 is 17.6 Å². The second-order valence-corrected chi connectivity index (χ2v) is 6.22. The number of hydrogen-bond donors (Lipinski definition) is 0. The molecule has 22 heavy (non-hydrogen) atoms. The summed E-state index contributed by atoms with van der Waals surface area (Å²) < 4.78 is 5.20. The molecule has 1 fully saturated rings. The lowest BCUT2D eigenvalue weighted by Gasteiger charge is -2.38. The lowest BCUT2D eigenvalue weighted by molar-refractivity contribution is -0.385. The molecule has 0 saturated carbocycles. The lowest BCUT2D eigenvalue weighted by Crippen LogP contribution is -2.54. The zero-order valence-corrected chi connectivity index (χ0v) is 12.7. The van der Waals surface area contributed by atoms with Crippen molar-refractivity contribution < 1.29 is 19.2 Å². The molecule has 0 unspecified atom stereocenters. The fourth-order valence-corrected chi connectivity index (χ4v) is 2.18. The second-order valence-electron chi connectivity index (χ2n) is 6.22. The predicted molar refractivity (Wildman–Crippen MR) is 78.7 cm³/mol. The fraction of sp³-hybridized carbons (Fsp3) is 0.467. The van der Waals surface area contributed by atoms with Crippen LogP contribution < -0.4 is 0 Å². The summed E-state index contributed by atoms with van der Waals surface area (Å²) in [4.78, 5) is 35.9. The normalized spacial score (nSPS) is 15.1. The van der Waals surface area contributed by atoms with Crippen molar-refractivity contribution in [2.45, 2.75) is 26.4 Å². The van der Waals surface area contributed by atoms with Crippen molar-refractivity contribution in [3.8, 4) is 0 Å². The van der Waals surface area contributed by atoms with E-state index in [4.69, 9.17) is 4.74 Å². The number of nitrogens with zero attached hydrogens (tertiary/aromatic N) is 2. The SMILES string of the molecule is CC(C)(C)OC(=O)N1CC(C(=O)c2ccccc2[N+](=O)[O-])C1. The highest BCUT2D eigenvalue weighted by atomic mass is 16.6. The lowest BCUT2D eigenvalue weighted by atomic mass is 9.90. The molecule has 0 radical (unpaired) electrons. The first-order chi connectivity index (χ1) is 10.2. The highest BCUT2D eigenvalue weighted by molar-refractivity contribution is 6.02. The van der Waals surface area contributed by atoms with Crippen molar-refractivity contribution in [3.05, 3.63) is 39.9 Å². The largest absolute Gasteiger partial charge is 0.444 e. The molecule has 0 aliphatic carbocycles. The number of carbonyl (C=O) groups excluding carboxylic acids is 2. The standard InChI is InChI=1S/C15H18N2O5/c1-15(2,3)22-14(19)16-8-10(9-16)13(18)11-6-4-5-7-12(11)17(20)21/h4-7,10H,8-9H2,1-3H3. The first-order valence-corrected chi connectivity index (χ1v) is 6.94. The molecule has 7 heteroatoms. The monoisotopic (exact) mass is 306 g/mol. The summed E-state index contributed by atoms with van der Waals surface area (Å²) in [7, 11) is 0. The average Bonchev–Trinajstić information content (AvgIpc) is 2.34. The second kappa shape index (κ2) is 5.75. The van der Waals surface area contributed by atoms with Gasteiger partial charge in [-0.25, -0.2) is 4.79 Å². The smallest absolute Gasteiger partial charge is 0.410 e. The van der Waals surface area contributed by atoms with Gasteiger partial charge in [0.1, 0.15) is 5.60 Å². The van der Waals surface area contributed by atoms with Gasteiger partial charge in [0.2, 0.25) is 0 Å². The number of likely N-dealkylation sites (tertiary alicyclic amines) is 1.